The zero-order valence-corrected chi connectivity index (χ0v) is 23.5. The lowest BCUT2D eigenvalue weighted by Crippen LogP contribution is -2.49. The maximum Gasteiger partial charge on any atom is 0.335 e. The topological polar surface area (TPSA) is 132 Å². The molecule has 0 spiro atoms. The smallest absolute Gasteiger partial charge is 0.335 e. The Balaban J connectivity index is 1.37. The lowest BCUT2D eigenvalue weighted by Gasteiger charge is -2.49. The Kier molecular flexibility index (Phi) is 6.11. The van der Waals surface area contributed by atoms with Crippen LogP contribution in [0.4, 0.5) is 15.8 Å². The molecule has 4 amide bonds. The number of aromatic hydroxyl groups is 1. The number of carboxylic acid groups (broad SMARTS) is 1. The second-order valence-electron chi connectivity index (χ2n) is 12.0. The zero-order valence-electron chi connectivity index (χ0n) is 23.5. The molecule has 3 aromatic carbocycles. The SMILES string of the molecule is C[C@@]12C(=O)N(c3ccccc3)C(=O)[C@@H]1C[C@@H]1C(=CC[C@@H]3C(=O)N(c4cccc(C(=O)O)c4)C(=O)[C@@H]31)[C@@H]2c1cccc(F)c1O. The van der Waals surface area contributed by atoms with Gasteiger partial charge in [-0.3, -0.25) is 24.1 Å². The van der Waals surface area contributed by atoms with Crippen LogP contribution in [-0.4, -0.2) is 39.8 Å². The highest BCUT2D eigenvalue weighted by molar-refractivity contribution is 6.25. The van der Waals surface area contributed by atoms with E-state index in [4.69, 9.17) is 0 Å². The Bertz CT molecular complexity index is 1820. The number of carboxylic acids is 1. The van der Waals surface area contributed by atoms with Crippen LogP contribution in [0.3, 0.4) is 0 Å². The maximum absolute atomic E-state index is 14.8. The van der Waals surface area contributed by atoms with Crippen molar-refractivity contribution in [1.82, 2.24) is 0 Å². The number of carbonyl (C=O) groups is 5. The van der Waals surface area contributed by atoms with E-state index in [0.29, 0.717) is 11.3 Å². The van der Waals surface area contributed by atoms with E-state index in [1.807, 2.05) is 0 Å². The summed E-state index contributed by atoms with van der Waals surface area (Å²) in [6.07, 6.45) is 2.04. The van der Waals surface area contributed by atoms with Crippen LogP contribution < -0.4 is 9.80 Å². The highest BCUT2D eigenvalue weighted by Gasteiger charge is 2.68. The number of hydrogen-bond acceptors (Lipinski definition) is 6. The summed E-state index contributed by atoms with van der Waals surface area (Å²) < 4.78 is 14.8. The minimum Gasteiger partial charge on any atom is -0.505 e. The van der Waals surface area contributed by atoms with Gasteiger partial charge in [0.05, 0.1) is 40.1 Å². The number of benzene rings is 3. The maximum atomic E-state index is 14.8. The molecule has 222 valence electrons. The fourth-order valence-electron chi connectivity index (χ4n) is 7.98. The van der Waals surface area contributed by atoms with Gasteiger partial charge in [-0.1, -0.05) is 48.0 Å². The van der Waals surface area contributed by atoms with Crippen molar-refractivity contribution in [2.24, 2.45) is 29.1 Å². The average Bonchev–Trinajstić information content (AvgIpc) is 3.38. The highest BCUT2D eigenvalue weighted by Crippen LogP contribution is 2.64. The van der Waals surface area contributed by atoms with Gasteiger partial charge in [-0.15, -0.1) is 0 Å². The van der Waals surface area contributed by atoms with Gasteiger partial charge in [0.25, 0.3) is 0 Å². The Hall–Kier alpha value is -5.12. The fourth-order valence-corrected chi connectivity index (χ4v) is 7.98. The summed E-state index contributed by atoms with van der Waals surface area (Å²) in [5.74, 6) is -8.91. The van der Waals surface area contributed by atoms with Crippen LogP contribution in [-0.2, 0) is 19.2 Å². The molecule has 2 aliphatic heterocycles. The number of imide groups is 2. The molecule has 3 fully saturated rings. The monoisotopic (exact) mass is 594 g/mol. The summed E-state index contributed by atoms with van der Waals surface area (Å²) in [6, 6.07) is 18.1. The number of phenols is 1. The van der Waals surface area contributed by atoms with Crippen molar-refractivity contribution in [3.8, 4) is 5.75 Å². The third-order valence-electron chi connectivity index (χ3n) is 9.97. The normalized spacial score (nSPS) is 29.3. The van der Waals surface area contributed by atoms with E-state index in [1.54, 1.807) is 43.3 Å². The molecule has 0 unspecified atom stereocenters. The molecule has 2 saturated heterocycles. The summed E-state index contributed by atoms with van der Waals surface area (Å²) in [5, 5.41) is 20.4. The predicted octanol–water partition coefficient (Wildman–Crippen LogP) is 4.66. The number of phenolic OH excluding ortho intramolecular Hbond substituents is 1. The molecular weight excluding hydrogens is 567 g/mol. The first-order valence-electron chi connectivity index (χ1n) is 14.4. The lowest BCUT2D eigenvalue weighted by atomic mass is 9.51. The molecule has 44 heavy (non-hydrogen) atoms. The van der Waals surface area contributed by atoms with Gasteiger partial charge in [-0.05, 0) is 62.1 Å². The summed E-state index contributed by atoms with van der Waals surface area (Å²) >= 11 is 0. The van der Waals surface area contributed by atoms with E-state index in [-0.39, 0.29) is 29.7 Å². The van der Waals surface area contributed by atoms with Crippen molar-refractivity contribution in [1.29, 1.82) is 0 Å². The average molecular weight is 595 g/mol. The van der Waals surface area contributed by atoms with Crippen LogP contribution >= 0.6 is 0 Å². The van der Waals surface area contributed by atoms with Crippen molar-refractivity contribution in [2.45, 2.75) is 25.7 Å². The predicted molar refractivity (Wildman–Crippen MR) is 155 cm³/mol. The Morgan fingerprint density at radius 3 is 2.30 bits per heavy atom. The van der Waals surface area contributed by atoms with Crippen LogP contribution in [0.5, 0.6) is 5.75 Å². The first-order chi connectivity index (χ1) is 21.1. The van der Waals surface area contributed by atoms with Crippen molar-refractivity contribution in [3.05, 3.63) is 101 Å². The quantitative estimate of drug-likeness (QED) is 0.332. The molecule has 7 rings (SSSR count). The van der Waals surface area contributed by atoms with Crippen LogP contribution in [0, 0.1) is 34.9 Å². The fraction of sp³-hybridized carbons (Fsp3) is 0.265. The van der Waals surface area contributed by atoms with E-state index in [2.05, 4.69) is 0 Å². The number of para-hydroxylation sites is 2. The van der Waals surface area contributed by atoms with Gasteiger partial charge < -0.3 is 10.2 Å². The first kappa shape index (κ1) is 27.7. The Morgan fingerprint density at radius 2 is 1.57 bits per heavy atom. The number of carbonyl (C=O) groups excluding carboxylic acids is 4. The number of fused-ring (bicyclic) bond motifs is 4. The molecule has 9 nitrogen and oxygen atoms in total. The van der Waals surface area contributed by atoms with Gasteiger partial charge in [-0.2, -0.15) is 0 Å². The lowest BCUT2D eigenvalue weighted by molar-refractivity contribution is -0.131. The van der Waals surface area contributed by atoms with Crippen LogP contribution in [0.25, 0.3) is 0 Å². The van der Waals surface area contributed by atoms with Crippen LogP contribution in [0.2, 0.25) is 0 Å². The number of halogens is 1. The number of nitrogens with zero attached hydrogens (tertiary/aromatic N) is 2. The first-order valence-corrected chi connectivity index (χ1v) is 14.4. The largest absolute Gasteiger partial charge is 0.505 e. The number of aromatic carboxylic acids is 1. The molecule has 1 saturated carbocycles. The minimum absolute atomic E-state index is 0.0806. The van der Waals surface area contributed by atoms with Crippen molar-refractivity contribution in [3.63, 3.8) is 0 Å². The van der Waals surface area contributed by atoms with E-state index in [0.717, 1.165) is 15.9 Å². The molecule has 3 aromatic rings. The zero-order chi connectivity index (χ0) is 31.1. The van der Waals surface area contributed by atoms with Crippen LogP contribution in [0.1, 0.15) is 41.6 Å². The molecule has 4 aliphatic rings. The summed E-state index contributed by atoms with van der Waals surface area (Å²) in [6.45, 7) is 1.66. The molecular formula is C34H27FN2O7. The number of amides is 4. The summed E-state index contributed by atoms with van der Waals surface area (Å²) in [5.41, 5.74) is -0.253. The van der Waals surface area contributed by atoms with Gasteiger partial charge in [0.15, 0.2) is 11.6 Å². The number of rotatable bonds is 4. The van der Waals surface area contributed by atoms with E-state index >= 15 is 0 Å². The standard InChI is InChI=1S/C34H27FN2O7/c1-34-24(30(40)37(33(34)44)18-8-3-2-4-9-18)16-23-20(27(34)22-11-6-12-25(35)28(22)38)13-14-21-26(23)31(41)36(29(21)39)19-10-5-7-17(15-19)32(42)43/h2-13,15,21,23-24,26-27,38H,14,16H2,1H3,(H,42,43)/t21-,23+,24-,26-,27+,34+/m0/s1. The molecule has 2 N–H and O–H groups in total. The van der Waals surface area contributed by atoms with Gasteiger partial charge in [0.2, 0.25) is 23.6 Å². The van der Waals surface area contributed by atoms with Crippen molar-refractivity contribution >= 4 is 41.0 Å². The number of anilines is 2. The Labute approximate surface area is 251 Å². The summed E-state index contributed by atoms with van der Waals surface area (Å²) in [7, 11) is 0. The van der Waals surface area contributed by atoms with E-state index in [9.17, 15) is 38.6 Å². The highest BCUT2D eigenvalue weighted by atomic mass is 19.1. The number of hydrogen-bond donors (Lipinski definition) is 2. The van der Waals surface area contributed by atoms with Gasteiger partial charge in [-0.25, -0.2) is 14.1 Å². The molecule has 2 heterocycles. The Morgan fingerprint density at radius 1 is 0.864 bits per heavy atom. The molecule has 0 aromatic heterocycles. The van der Waals surface area contributed by atoms with Crippen molar-refractivity contribution < 1.29 is 38.6 Å². The minimum atomic E-state index is -1.42. The second kappa shape index (κ2) is 9.70. The van der Waals surface area contributed by atoms with Gasteiger partial charge in [0.1, 0.15) is 0 Å². The van der Waals surface area contributed by atoms with Crippen molar-refractivity contribution in [2.75, 3.05) is 9.80 Å². The van der Waals surface area contributed by atoms with E-state index < -0.39 is 76.2 Å². The molecule has 10 heteroatoms. The molecule has 6 atom stereocenters. The second-order valence-corrected chi connectivity index (χ2v) is 12.0. The van der Waals surface area contributed by atoms with Crippen LogP contribution in [0.15, 0.2) is 84.4 Å². The van der Waals surface area contributed by atoms with Gasteiger partial charge >= 0.3 is 5.97 Å². The number of allylic oxidation sites excluding steroid dienone is 2. The molecule has 0 radical (unpaired) electrons. The molecule has 2 aliphatic carbocycles. The molecule has 0 bridgehead atoms. The van der Waals surface area contributed by atoms with Gasteiger partial charge in [0, 0.05) is 11.5 Å². The van der Waals surface area contributed by atoms with E-state index in [1.165, 1.54) is 36.4 Å². The third kappa shape index (κ3) is 3.66. The third-order valence-corrected chi connectivity index (χ3v) is 9.97. The summed E-state index contributed by atoms with van der Waals surface area (Å²) in [4.78, 5) is 70.0.